The van der Waals surface area contributed by atoms with Gasteiger partial charge in [0, 0.05) is 37.1 Å². The smallest absolute Gasteiger partial charge is 0.232 e. The van der Waals surface area contributed by atoms with E-state index in [1.807, 2.05) is 22.8 Å². The van der Waals surface area contributed by atoms with Crippen LogP contribution in [0.25, 0.3) is 27.9 Å². The number of aromatic nitrogens is 3. The Morgan fingerprint density at radius 3 is 2.66 bits per heavy atom. The van der Waals surface area contributed by atoms with Crippen LogP contribution in [0.4, 0.5) is 0 Å². The van der Waals surface area contributed by atoms with Crippen LogP contribution in [0.2, 0.25) is 0 Å². The quantitative estimate of drug-likeness (QED) is 0.507. The molecule has 5 heteroatoms. The lowest BCUT2D eigenvalue weighted by molar-refractivity contribution is 0.192. The van der Waals surface area contributed by atoms with E-state index < -0.39 is 0 Å². The second kappa shape index (κ2) is 7.68. The van der Waals surface area contributed by atoms with E-state index in [1.165, 1.54) is 11.1 Å². The fourth-order valence-electron chi connectivity index (χ4n) is 4.01. The van der Waals surface area contributed by atoms with Gasteiger partial charge in [-0.3, -0.25) is 4.90 Å². The SMILES string of the molecule is CCN1CCC(Oc2cc(-c3cccc(-c4ccccc4)c3)c3nccn3n2)C1. The molecule has 146 valence electrons. The molecule has 1 unspecified atom stereocenters. The van der Waals surface area contributed by atoms with E-state index in [4.69, 9.17) is 4.74 Å². The average Bonchev–Trinajstić information content (AvgIpc) is 3.43. The molecule has 1 atom stereocenters. The normalized spacial score (nSPS) is 17.1. The molecule has 0 radical (unpaired) electrons. The van der Waals surface area contributed by atoms with Crippen LogP contribution < -0.4 is 4.74 Å². The first-order chi connectivity index (χ1) is 14.3. The number of imidazole rings is 1. The van der Waals surface area contributed by atoms with Crippen molar-refractivity contribution in [3.05, 3.63) is 73.1 Å². The molecule has 5 nitrogen and oxygen atoms in total. The second-order valence-corrected chi connectivity index (χ2v) is 7.46. The van der Waals surface area contributed by atoms with Crippen molar-refractivity contribution in [1.29, 1.82) is 0 Å². The van der Waals surface area contributed by atoms with E-state index >= 15 is 0 Å². The van der Waals surface area contributed by atoms with Crippen molar-refractivity contribution in [2.75, 3.05) is 19.6 Å². The minimum atomic E-state index is 0.187. The fraction of sp³-hybridized carbons (Fsp3) is 0.250. The van der Waals surface area contributed by atoms with Crippen LogP contribution in [-0.4, -0.2) is 45.2 Å². The Kier molecular flexibility index (Phi) is 4.74. The number of hydrogen-bond acceptors (Lipinski definition) is 4. The third-order valence-electron chi connectivity index (χ3n) is 5.58. The predicted molar refractivity (Wildman–Crippen MR) is 115 cm³/mol. The van der Waals surface area contributed by atoms with Crippen LogP contribution in [0.1, 0.15) is 13.3 Å². The molecule has 2 aromatic heterocycles. The molecule has 1 saturated heterocycles. The molecular formula is C24H24N4O. The van der Waals surface area contributed by atoms with Gasteiger partial charge in [0.2, 0.25) is 5.88 Å². The van der Waals surface area contributed by atoms with Gasteiger partial charge in [-0.2, -0.15) is 0 Å². The fourth-order valence-corrected chi connectivity index (χ4v) is 4.01. The maximum absolute atomic E-state index is 6.26. The van der Waals surface area contributed by atoms with Crippen molar-refractivity contribution in [2.24, 2.45) is 0 Å². The van der Waals surface area contributed by atoms with Crippen molar-refractivity contribution in [2.45, 2.75) is 19.4 Å². The summed E-state index contributed by atoms with van der Waals surface area (Å²) in [5.41, 5.74) is 5.36. The largest absolute Gasteiger partial charge is 0.472 e. The summed E-state index contributed by atoms with van der Waals surface area (Å²) in [7, 11) is 0. The van der Waals surface area contributed by atoms with Crippen molar-refractivity contribution in [3.63, 3.8) is 0 Å². The number of likely N-dealkylation sites (N-methyl/N-ethyl adjacent to an activating group) is 1. The molecule has 2 aromatic carbocycles. The molecule has 29 heavy (non-hydrogen) atoms. The topological polar surface area (TPSA) is 42.7 Å². The van der Waals surface area contributed by atoms with E-state index in [0.29, 0.717) is 5.88 Å². The van der Waals surface area contributed by atoms with E-state index in [0.717, 1.165) is 42.8 Å². The lowest BCUT2D eigenvalue weighted by atomic mass is 10.00. The maximum Gasteiger partial charge on any atom is 0.232 e. The number of fused-ring (bicyclic) bond motifs is 1. The summed E-state index contributed by atoms with van der Waals surface area (Å²) in [6.07, 6.45) is 4.88. The Balaban J connectivity index is 1.52. The first-order valence-corrected chi connectivity index (χ1v) is 10.2. The van der Waals surface area contributed by atoms with Gasteiger partial charge in [-0.25, -0.2) is 9.50 Å². The highest BCUT2D eigenvalue weighted by Crippen LogP contribution is 2.31. The first kappa shape index (κ1) is 17.9. The average molecular weight is 384 g/mol. The van der Waals surface area contributed by atoms with Gasteiger partial charge >= 0.3 is 0 Å². The highest BCUT2D eigenvalue weighted by atomic mass is 16.5. The number of likely N-dealkylation sites (tertiary alicyclic amines) is 1. The van der Waals surface area contributed by atoms with Gasteiger partial charge in [-0.15, -0.1) is 5.10 Å². The van der Waals surface area contributed by atoms with Crippen LogP contribution >= 0.6 is 0 Å². The summed E-state index contributed by atoms with van der Waals surface area (Å²) < 4.78 is 8.07. The molecule has 0 spiro atoms. The number of hydrogen-bond donors (Lipinski definition) is 0. The summed E-state index contributed by atoms with van der Waals surface area (Å²) >= 11 is 0. The molecule has 0 aliphatic carbocycles. The maximum atomic E-state index is 6.26. The van der Waals surface area contributed by atoms with E-state index in [-0.39, 0.29) is 6.10 Å². The van der Waals surface area contributed by atoms with Gasteiger partial charge in [-0.1, -0.05) is 55.5 Å². The van der Waals surface area contributed by atoms with Gasteiger partial charge in [-0.05, 0) is 35.7 Å². The minimum absolute atomic E-state index is 0.187. The van der Waals surface area contributed by atoms with Crippen LogP contribution in [0.15, 0.2) is 73.1 Å². The number of nitrogens with zero attached hydrogens (tertiary/aromatic N) is 4. The molecule has 0 N–H and O–H groups in total. The van der Waals surface area contributed by atoms with Crippen molar-refractivity contribution in [3.8, 4) is 28.1 Å². The zero-order valence-corrected chi connectivity index (χ0v) is 16.5. The third kappa shape index (κ3) is 3.61. The minimum Gasteiger partial charge on any atom is -0.472 e. The summed E-state index contributed by atoms with van der Waals surface area (Å²) in [5.74, 6) is 0.651. The molecule has 1 aliphatic heterocycles. The van der Waals surface area contributed by atoms with Gasteiger partial charge in [0.05, 0.1) is 0 Å². The number of benzene rings is 2. The highest BCUT2D eigenvalue weighted by Gasteiger charge is 2.23. The van der Waals surface area contributed by atoms with Crippen LogP contribution in [-0.2, 0) is 0 Å². The second-order valence-electron chi connectivity index (χ2n) is 7.46. The summed E-state index contributed by atoms with van der Waals surface area (Å²) in [5, 5.41) is 4.63. The lowest BCUT2D eigenvalue weighted by Gasteiger charge is -2.15. The van der Waals surface area contributed by atoms with Crippen molar-refractivity contribution in [1.82, 2.24) is 19.5 Å². The van der Waals surface area contributed by atoms with E-state index in [2.05, 4.69) is 70.4 Å². The number of rotatable bonds is 5. The lowest BCUT2D eigenvalue weighted by Crippen LogP contribution is -2.24. The molecule has 0 amide bonds. The Morgan fingerprint density at radius 1 is 1.00 bits per heavy atom. The Hall–Kier alpha value is -3.18. The summed E-state index contributed by atoms with van der Waals surface area (Å²) in [6, 6.07) is 21.0. The first-order valence-electron chi connectivity index (χ1n) is 10.2. The van der Waals surface area contributed by atoms with Crippen LogP contribution in [0, 0.1) is 0 Å². The van der Waals surface area contributed by atoms with Gasteiger partial charge in [0.25, 0.3) is 0 Å². The zero-order valence-electron chi connectivity index (χ0n) is 16.5. The monoisotopic (exact) mass is 384 g/mol. The highest BCUT2D eigenvalue weighted by molar-refractivity contribution is 5.81. The molecule has 0 bridgehead atoms. The molecule has 1 fully saturated rings. The van der Waals surface area contributed by atoms with Crippen LogP contribution in [0.5, 0.6) is 5.88 Å². The van der Waals surface area contributed by atoms with Gasteiger partial charge in [0.15, 0.2) is 5.65 Å². The van der Waals surface area contributed by atoms with E-state index in [9.17, 15) is 0 Å². The molecule has 1 aliphatic rings. The third-order valence-corrected chi connectivity index (χ3v) is 5.58. The van der Waals surface area contributed by atoms with Gasteiger partial charge in [0.1, 0.15) is 6.10 Å². The molecule has 3 heterocycles. The standard InChI is InChI=1S/C24H24N4O/c1-2-27-13-11-21(17-27)29-23-16-22(24-25-12-14-28(24)26-23)20-10-6-9-19(15-20)18-7-4-3-5-8-18/h3-10,12,14-16,21H,2,11,13,17H2,1H3. The van der Waals surface area contributed by atoms with Crippen molar-refractivity contribution < 1.29 is 4.74 Å². The summed E-state index contributed by atoms with van der Waals surface area (Å²) in [6.45, 7) is 5.29. The molecule has 4 aromatic rings. The van der Waals surface area contributed by atoms with E-state index in [1.54, 1.807) is 6.20 Å². The Morgan fingerprint density at radius 2 is 1.83 bits per heavy atom. The van der Waals surface area contributed by atoms with Gasteiger partial charge < -0.3 is 4.74 Å². The summed E-state index contributed by atoms with van der Waals surface area (Å²) in [4.78, 5) is 6.94. The molecule has 5 rings (SSSR count). The molecule has 0 saturated carbocycles. The Labute approximate surface area is 170 Å². The van der Waals surface area contributed by atoms with Crippen molar-refractivity contribution >= 4 is 5.65 Å². The number of ether oxygens (including phenoxy) is 1. The molecular weight excluding hydrogens is 360 g/mol. The van der Waals surface area contributed by atoms with Crippen LogP contribution in [0.3, 0.4) is 0 Å². The Bertz CT molecular complexity index is 1120. The predicted octanol–water partition coefficient (Wildman–Crippen LogP) is 4.54. The zero-order chi connectivity index (χ0) is 19.6.